The monoisotopic (exact) mass is 219 g/mol. The van der Waals surface area contributed by atoms with Crippen molar-refractivity contribution in [2.45, 2.75) is 13.0 Å². The normalized spacial score (nSPS) is 24.9. The van der Waals surface area contributed by atoms with Crippen molar-refractivity contribution in [3.8, 4) is 0 Å². The lowest BCUT2D eigenvalue weighted by atomic mass is 9.84. The van der Waals surface area contributed by atoms with Gasteiger partial charge in [0.05, 0.1) is 0 Å². The molecule has 0 aliphatic heterocycles. The number of aliphatic hydroxyl groups is 1. The SMILES string of the molecule is CC1C(c2ccc(F)cc2)=C(O)C=CC1N. The Bertz CT molecular complexity index is 448. The molecule has 1 aromatic rings. The Kier molecular flexibility index (Phi) is 2.79. The predicted octanol–water partition coefficient (Wildman–Crippen LogP) is 2.63. The summed E-state index contributed by atoms with van der Waals surface area (Å²) < 4.78 is 12.8. The van der Waals surface area contributed by atoms with Crippen LogP contribution in [0.4, 0.5) is 4.39 Å². The van der Waals surface area contributed by atoms with Gasteiger partial charge in [0.15, 0.2) is 0 Å². The zero-order valence-electron chi connectivity index (χ0n) is 9.02. The van der Waals surface area contributed by atoms with E-state index in [1.807, 2.05) is 6.92 Å². The van der Waals surface area contributed by atoms with Crippen molar-refractivity contribution in [3.05, 3.63) is 53.6 Å². The van der Waals surface area contributed by atoms with Crippen molar-refractivity contribution >= 4 is 5.57 Å². The van der Waals surface area contributed by atoms with Crippen molar-refractivity contribution in [1.29, 1.82) is 0 Å². The number of hydrogen-bond acceptors (Lipinski definition) is 2. The number of hydrogen-bond donors (Lipinski definition) is 2. The molecule has 0 aromatic heterocycles. The maximum Gasteiger partial charge on any atom is 0.123 e. The Morgan fingerprint density at radius 1 is 1.25 bits per heavy atom. The Hall–Kier alpha value is -1.61. The Morgan fingerprint density at radius 3 is 2.50 bits per heavy atom. The molecule has 2 unspecified atom stereocenters. The van der Waals surface area contributed by atoms with Gasteiger partial charge in [0.2, 0.25) is 0 Å². The van der Waals surface area contributed by atoms with Gasteiger partial charge in [-0.15, -0.1) is 0 Å². The summed E-state index contributed by atoms with van der Waals surface area (Å²) in [5, 5.41) is 9.82. The van der Waals surface area contributed by atoms with E-state index in [-0.39, 0.29) is 23.5 Å². The van der Waals surface area contributed by atoms with Crippen LogP contribution in [0.3, 0.4) is 0 Å². The van der Waals surface area contributed by atoms with Crippen molar-refractivity contribution in [3.63, 3.8) is 0 Å². The lowest BCUT2D eigenvalue weighted by molar-refractivity contribution is 0.421. The number of allylic oxidation sites excluding steroid dienone is 1. The molecule has 0 saturated carbocycles. The summed E-state index contributed by atoms with van der Waals surface area (Å²) >= 11 is 0. The second-order valence-electron chi connectivity index (χ2n) is 4.03. The molecule has 1 aromatic carbocycles. The average molecular weight is 219 g/mol. The quantitative estimate of drug-likeness (QED) is 0.762. The van der Waals surface area contributed by atoms with E-state index in [0.29, 0.717) is 0 Å². The summed E-state index contributed by atoms with van der Waals surface area (Å²) in [5.41, 5.74) is 7.48. The number of benzene rings is 1. The van der Waals surface area contributed by atoms with E-state index in [1.54, 1.807) is 24.3 Å². The van der Waals surface area contributed by atoms with E-state index >= 15 is 0 Å². The molecular formula is C13H14FNO. The fourth-order valence-electron chi connectivity index (χ4n) is 1.92. The molecule has 2 nitrogen and oxygen atoms in total. The average Bonchev–Trinajstić information content (AvgIpc) is 2.27. The van der Waals surface area contributed by atoms with Crippen LogP contribution in [0, 0.1) is 11.7 Å². The molecule has 1 aliphatic carbocycles. The van der Waals surface area contributed by atoms with Crippen LogP contribution in [-0.4, -0.2) is 11.1 Å². The minimum atomic E-state index is -0.285. The summed E-state index contributed by atoms with van der Waals surface area (Å²) in [6.45, 7) is 1.95. The highest BCUT2D eigenvalue weighted by molar-refractivity contribution is 5.72. The van der Waals surface area contributed by atoms with Crippen LogP contribution in [0.25, 0.3) is 5.57 Å². The van der Waals surface area contributed by atoms with E-state index < -0.39 is 0 Å². The first-order valence-electron chi connectivity index (χ1n) is 5.22. The third-order valence-electron chi connectivity index (χ3n) is 2.94. The number of nitrogens with two attached hydrogens (primary N) is 1. The number of rotatable bonds is 1. The molecule has 3 heteroatoms. The van der Waals surface area contributed by atoms with Crippen molar-refractivity contribution in [2.75, 3.05) is 0 Å². The topological polar surface area (TPSA) is 46.2 Å². The summed E-state index contributed by atoms with van der Waals surface area (Å²) in [6.07, 6.45) is 3.37. The molecule has 0 saturated heterocycles. The maximum atomic E-state index is 12.8. The van der Waals surface area contributed by atoms with Crippen molar-refractivity contribution in [2.24, 2.45) is 11.7 Å². The van der Waals surface area contributed by atoms with E-state index in [4.69, 9.17) is 5.73 Å². The molecule has 0 heterocycles. The first-order valence-corrected chi connectivity index (χ1v) is 5.22. The molecule has 2 atom stereocenters. The standard InChI is InChI=1S/C13H14FNO/c1-8-11(15)6-7-12(16)13(8)9-2-4-10(14)5-3-9/h2-8,11,16H,15H2,1H3. The summed E-state index contributed by atoms with van der Waals surface area (Å²) in [4.78, 5) is 0. The van der Waals surface area contributed by atoms with Crippen molar-refractivity contribution in [1.82, 2.24) is 0 Å². The minimum absolute atomic E-state index is 0.0236. The van der Waals surface area contributed by atoms with Gasteiger partial charge < -0.3 is 10.8 Å². The molecule has 16 heavy (non-hydrogen) atoms. The molecule has 1 aliphatic rings. The van der Waals surface area contributed by atoms with Gasteiger partial charge in [-0.25, -0.2) is 4.39 Å². The third-order valence-corrected chi connectivity index (χ3v) is 2.94. The van der Waals surface area contributed by atoms with Crippen LogP contribution in [0.15, 0.2) is 42.2 Å². The highest BCUT2D eigenvalue weighted by Gasteiger charge is 2.23. The molecule has 0 amide bonds. The van der Waals surface area contributed by atoms with E-state index in [0.717, 1.165) is 11.1 Å². The van der Waals surface area contributed by atoms with Gasteiger partial charge in [-0.2, -0.15) is 0 Å². The van der Waals surface area contributed by atoms with Crippen LogP contribution >= 0.6 is 0 Å². The van der Waals surface area contributed by atoms with Crippen LogP contribution in [0.2, 0.25) is 0 Å². The summed E-state index contributed by atoms with van der Waals surface area (Å²) in [7, 11) is 0. The molecule has 0 spiro atoms. The van der Waals surface area contributed by atoms with Crippen LogP contribution < -0.4 is 5.73 Å². The Morgan fingerprint density at radius 2 is 1.88 bits per heavy atom. The molecule has 3 N–H and O–H groups in total. The smallest absolute Gasteiger partial charge is 0.123 e. The second kappa shape index (κ2) is 4.10. The van der Waals surface area contributed by atoms with E-state index in [1.165, 1.54) is 12.1 Å². The van der Waals surface area contributed by atoms with Gasteiger partial charge in [0, 0.05) is 17.5 Å². The fraction of sp³-hybridized carbons (Fsp3) is 0.231. The van der Waals surface area contributed by atoms with Crippen LogP contribution in [-0.2, 0) is 0 Å². The molecule has 0 radical (unpaired) electrons. The van der Waals surface area contributed by atoms with Crippen molar-refractivity contribution < 1.29 is 9.50 Å². The zero-order chi connectivity index (χ0) is 11.7. The predicted molar refractivity (Wildman–Crippen MR) is 62.2 cm³/mol. The highest BCUT2D eigenvalue weighted by Crippen LogP contribution is 2.31. The van der Waals surface area contributed by atoms with Gasteiger partial charge >= 0.3 is 0 Å². The molecule has 84 valence electrons. The highest BCUT2D eigenvalue weighted by atomic mass is 19.1. The maximum absolute atomic E-state index is 12.8. The number of halogens is 1. The zero-order valence-corrected chi connectivity index (χ0v) is 9.02. The lowest BCUT2D eigenvalue weighted by Gasteiger charge is -2.25. The number of aliphatic hydroxyl groups excluding tert-OH is 1. The Labute approximate surface area is 93.9 Å². The summed E-state index contributed by atoms with van der Waals surface area (Å²) in [5.74, 6) is -0.0524. The minimum Gasteiger partial charge on any atom is -0.508 e. The Balaban J connectivity index is 2.45. The first kappa shape index (κ1) is 10.9. The van der Waals surface area contributed by atoms with Gasteiger partial charge in [0.1, 0.15) is 11.6 Å². The fourth-order valence-corrected chi connectivity index (χ4v) is 1.92. The largest absolute Gasteiger partial charge is 0.508 e. The first-order chi connectivity index (χ1) is 7.59. The van der Waals surface area contributed by atoms with Gasteiger partial charge in [-0.05, 0) is 23.8 Å². The van der Waals surface area contributed by atoms with E-state index in [2.05, 4.69) is 0 Å². The molecular weight excluding hydrogens is 205 g/mol. The van der Waals surface area contributed by atoms with Crippen LogP contribution in [0.1, 0.15) is 12.5 Å². The van der Waals surface area contributed by atoms with E-state index in [9.17, 15) is 9.50 Å². The molecule has 0 fully saturated rings. The molecule has 2 rings (SSSR count). The second-order valence-corrected chi connectivity index (χ2v) is 4.03. The van der Waals surface area contributed by atoms with Crippen LogP contribution in [0.5, 0.6) is 0 Å². The summed E-state index contributed by atoms with van der Waals surface area (Å²) in [6, 6.07) is 5.96. The van der Waals surface area contributed by atoms with Gasteiger partial charge in [-0.1, -0.05) is 25.1 Å². The molecule has 0 bridgehead atoms. The third kappa shape index (κ3) is 1.86. The van der Waals surface area contributed by atoms with Gasteiger partial charge in [0.25, 0.3) is 0 Å². The lowest BCUT2D eigenvalue weighted by Crippen LogP contribution is -2.29. The van der Waals surface area contributed by atoms with Gasteiger partial charge in [-0.3, -0.25) is 0 Å².